The minimum absolute atomic E-state index is 0.0299. The summed E-state index contributed by atoms with van der Waals surface area (Å²) in [5.41, 5.74) is -0.0299. The van der Waals surface area contributed by atoms with E-state index in [0.29, 0.717) is 12.2 Å². The largest absolute Gasteiger partial charge is 0.299 e. The summed E-state index contributed by atoms with van der Waals surface area (Å²) in [7, 11) is 0. The Labute approximate surface area is 74.0 Å². The van der Waals surface area contributed by atoms with Crippen molar-refractivity contribution in [3.63, 3.8) is 0 Å². The van der Waals surface area contributed by atoms with Crippen LogP contribution in [-0.2, 0) is 4.79 Å². The molecule has 0 aromatic heterocycles. The van der Waals surface area contributed by atoms with Crippen LogP contribution in [0.2, 0.25) is 0 Å². The van der Waals surface area contributed by atoms with Crippen LogP contribution in [0.4, 0.5) is 0 Å². The Bertz CT molecular complexity index is 148. The van der Waals surface area contributed by atoms with E-state index < -0.39 is 0 Å². The molecule has 0 amide bonds. The molecular weight excluding hydrogens is 156 g/mol. The summed E-state index contributed by atoms with van der Waals surface area (Å²) in [5.74, 6) is 1.17. The average molecular weight is 172 g/mol. The second-order valence-electron chi connectivity index (χ2n) is 3.42. The third kappa shape index (κ3) is 1.61. The number of thiol groups is 1. The number of ketones is 1. The van der Waals surface area contributed by atoms with Crippen LogP contribution in [0.15, 0.2) is 0 Å². The Hall–Kier alpha value is 0.0200. The van der Waals surface area contributed by atoms with E-state index in [9.17, 15) is 4.79 Å². The lowest BCUT2D eigenvalue weighted by Crippen LogP contribution is -2.29. The molecule has 0 radical (unpaired) electrons. The molecule has 0 aromatic carbocycles. The second-order valence-corrected chi connectivity index (χ2v) is 3.74. The van der Waals surface area contributed by atoms with Crippen LogP contribution in [0, 0.1) is 5.41 Å². The van der Waals surface area contributed by atoms with Gasteiger partial charge in [-0.1, -0.05) is 19.8 Å². The fourth-order valence-electron chi connectivity index (χ4n) is 1.95. The van der Waals surface area contributed by atoms with Crippen molar-refractivity contribution in [2.45, 2.75) is 39.0 Å². The molecule has 0 aromatic rings. The predicted molar refractivity (Wildman–Crippen MR) is 50.1 cm³/mol. The van der Waals surface area contributed by atoms with E-state index in [-0.39, 0.29) is 5.41 Å². The van der Waals surface area contributed by atoms with Crippen LogP contribution in [0.1, 0.15) is 39.0 Å². The van der Waals surface area contributed by atoms with Gasteiger partial charge in [0.05, 0.1) is 0 Å². The molecule has 2 heteroatoms. The van der Waals surface area contributed by atoms with Crippen molar-refractivity contribution in [1.82, 2.24) is 0 Å². The second kappa shape index (κ2) is 3.61. The number of Topliss-reactive ketones (excluding diaryl/α,β-unsaturated/α-hetero) is 1. The molecule has 11 heavy (non-hydrogen) atoms. The van der Waals surface area contributed by atoms with Crippen molar-refractivity contribution in [3.05, 3.63) is 0 Å². The van der Waals surface area contributed by atoms with Gasteiger partial charge in [0.25, 0.3) is 0 Å². The lowest BCUT2D eigenvalue weighted by atomic mass is 9.82. The first-order valence-electron chi connectivity index (χ1n) is 4.39. The highest BCUT2D eigenvalue weighted by Crippen LogP contribution is 2.40. The van der Waals surface area contributed by atoms with Crippen molar-refractivity contribution in [3.8, 4) is 0 Å². The highest BCUT2D eigenvalue weighted by atomic mass is 32.1. The topological polar surface area (TPSA) is 17.1 Å². The first kappa shape index (κ1) is 9.11. The van der Waals surface area contributed by atoms with Crippen LogP contribution in [0.5, 0.6) is 0 Å². The van der Waals surface area contributed by atoms with Gasteiger partial charge < -0.3 is 0 Å². The average Bonchev–Trinajstić information content (AvgIpc) is 2.52. The third-order valence-electron chi connectivity index (χ3n) is 2.78. The smallest absolute Gasteiger partial charge is 0.139 e. The van der Waals surface area contributed by atoms with Gasteiger partial charge in [0, 0.05) is 17.6 Å². The molecule has 1 saturated carbocycles. The van der Waals surface area contributed by atoms with Gasteiger partial charge in [-0.25, -0.2) is 0 Å². The van der Waals surface area contributed by atoms with Gasteiger partial charge in [0.15, 0.2) is 0 Å². The van der Waals surface area contributed by atoms with E-state index in [4.69, 9.17) is 0 Å². The normalized spacial score (nSPS) is 22.0. The molecule has 1 aliphatic carbocycles. The Balaban J connectivity index is 2.66. The van der Waals surface area contributed by atoms with Gasteiger partial charge >= 0.3 is 0 Å². The molecule has 0 N–H and O–H groups in total. The van der Waals surface area contributed by atoms with Crippen LogP contribution in [0.3, 0.4) is 0 Å². The van der Waals surface area contributed by atoms with E-state index in [1.807, 2.05) is 6.92 Å². The van der Waals surface area contributed by atoms with Gasteiger partial charge in [0.2, 0.25) is 0 Å². The van der Waals surface area contributed by atoms with Crippen molar-refractivity contribution >= 4 is 18.4 Å². The maximum Gasteiger partial charge on any atom is 0.139 e. The molecule has 0 heterocycles. The van der Waals surface area contributed by atoms with E-state index in [2.05, 4.69) is 12.6 Å². The zero-order chi connectivity index (χ0) is 8.32. The minimum Gasteiger partial charge on any atom is -0.299 e. The minimum atomic E-state index is -0.0299. The molecule has 0 bridgehead atoms. The summed E-state index contributed by atoms with van der Waals surface area (Å²) < 4.78 is 0. The molecule has 0 aliphatic heterocycles. The lowest BCUT2D eigenvalue weighted by molar-refractivity contribution is -0.127. The maximum atomic E-state index is 11.5. The monoisotopic (exact) mass is 172 g/mol. The number of rotatable bonds is 3. The zero-order valence-corrected chi connectivity index (χ0v) is 7.99. The van der Waals surface area contributed by atoms with Gasteiger partial charge in [-0.15, -0.1) is 0 Å². The third-order valence-corrected chi connectivity index (χ3v) is 3.38. The van der Waals surface area contributed by atoms with Crippen LogP contribution >= 0.6 is 12.6 Å². The molecule has 0 unspecified atom stereocenters. The highest BCUT2D eigenvalue weighted by Gasteiger charge is 2.37. The molecule has 64 valence electrons. The Kier molecular flexibility index (Phi) is 2.99. The van der Waals surface area contributed by atoms with Gasteiger partial charge in [-0.2, -0.15) is 12.6 Å². The quantitative estimate of drug-likeness (QED) is 0.647. The Morgan fingerprint density at radius 1 is 1.45 bits per heavy atom. The van der Waals surface area contributed by atoms with Crippen LogP contribution in [-0.4, -0.2) is 11.5 Å². The fourth-order valence-corrected chi connectivity index (χ4v) is 2.44. The summed E-state index contributed by atoms with van der Waals surface area (Å²) in [4.78, 5) is 11.5. The summed E-state index contributed by atoms with van der Waals surface area (Å²) in [6, 6.07) is 0. The van der Waals surface area contributed by atoms with Crippen molar-refractivity contribution < 1.29 is 4.79 Å². The Morgan fingerprint density at radius 3 is 2.36 bits per heavy atom. The highest BCUT2D eigenvalue weighted by molar-refractivity contribution is 7.80. The summed E-state index contributed by atoms with van der Waals surface area (Å²) in [6.45, 7) is 1.95. The molecule has 1 nitrogen and oxygen atoms in total. The number of carbonyl (C=O) groups is 1. The molecule has 1 aliphatic rings. The Morgan fingerprint density at radius 2 is 2.00 bits per heavy atom. The molecule has 1 rings (SSSR count). The summed E-state index contributed by atoms with van der Waals surface area (Å²) in [5, 5.41) is 0. The summed E-state index contributed by atoms with van der Waals surface area (Å²) in [6.07, 6.45) is 5.26. The molecule has 0 spiro atoms. The van der Waals surface area contributed by atoms with Gasteiger partial charge in [-0.3, -0.25) is 4.79 Å². The van der Waals surface area contributed by atoms with Crippen molar-refractivity contribution in [2.24, 2.45) is 5.41 Å². The SMILES string of the molecule is CCC(=O)C1(CS)CCCC1. The predicted octanol–water partition coefficient (Wildman–Crippen LogP) is 2.46. The number of carbonyl (C=O) groups excluding carboxylic acids is 1. The number of hydrogen-bond acceptors (Lipinski definition) is 2. The first-order chi connectivity index (χ1) is 5.25. The fraction of sp³-hybridized carbons (Fsp3) is 0.889. The van der Waals surface area contributed by atoms with Crippen molar-refractivity contribution in [1.29, 1.82) is 0 Å². The van der Waals surface area contributed by atoms with Crippen molar-refractivity contribution in [2.75, 3.05) is 5.75 Å². The van der Waals surface area contributed by atoms with Crippen LogP contribution < -0.4 is 0 Å². The lowest BCUT2D eigenvalue weighted by Gasteiger charge is -2.24. The molecule has 0 atom stereocenters. The van der Waals surface area contributed by atoms with Gasteiger partial charge in [0.1, 0.15) is 5.78 Å². The molecule has 1 fully saturated rings. The van der Waals surface area contributed by atoms with Gasteiger partial charge in [-0.05, 0) is 12.8 Å². The van der Waals surface area contributed by atoms with E-state index in [0.717, 1.165) is 18.6 Å². The summed E-state index contributed by atoms with van der Waals surface area (Å²) >= 11 is 4.27. The van der Waals surface area contributed by atoms with E-state index >= 15 is 0 Å². The maximum absolute atomic E-state index is 11.5. The zero-order valence-electron chi connectivity index (χ0n) is 7.10. The molecular formula is C9H16OS. The number of hydrogen-bond donors (Lipinski definition) is 1. The molecule has 0 saturated heterocycles. The van der Waals surface area contributed by atoms with E-state index in [1.54, 1.807) is 0 Å². The van der Waals surface area contributed by atoms with E-state index in [1.165, 1.54) is 12.8 Å². The van der Waals surface area contributed by atoms with Crippen LogP contribution in [0.25, 0.3) is 0 Å². The first-order valence-corrected chi connectivity index (χ1v) is 5.02. The standard InChI is InChI=1S/C9H16OS/c1-2-8(10)9(7-11)5-3-4-6-9/h11H,2-7H2,1H3.